The van der Waals surface area contributed by atoms with Crippen LogP contribution < -0.4 is 10.1 Å². The largest absolute Gasteiger partial charge is 0.484 e. The number of benzene rings is 3. The van der Waals surface area contributed by atoms with Gasteiger partial charge >= 0.3 is 0 Å². The van der Waals surface area contributed by atoms with E-state index in [1.807, 2.05) is 44.2 Å². The molecular formula is C31H33Cl3N2O3. The average molecular weight is 588 g/mol. The Morgan fingerprint density at radius 3 is 2.28 bits per heavy atom. The van der Waals surface area contributed by atoms with Gasteiger partial charge in [0.05, 0.1) is 0 Å². The minimum absolute atomic E-state index is 0.114. The van der Waals surface area contributed by atoms with Crippen LogP contribution in [-0.2, 0) is 22.6 Å². The first-order valence-electron chi connectivity index (χ1n) is 13.2. The summed E-state index contributed by atoms with van der Waals surface area (Å²) in [6.45, 7) is 3.67. The van der Waals surface area contributed by atoms with Crippen molar-refractivity contribution in [3.63, 3.8) is 0 Å². The Morgan fingerprint density at radius 2 is 1.64 bits per heavy atom. The second-order valence-corrected chi connectivity index (χ2v) is 11.3. The third-order valence-electron chi connectivity index (χ3n) is 7.10. The van der Waals surface area contributed by atoms with Crippen LogP contribution in [-0.4, -0.2) is 35.4 Å². The van der Waals surface area contributed by atoms with Crippen LogP contribution in [0.5, 0.6) is 5.75 Å². The molecule has 0 aromatic heterocycles. The van der Waals surface area contributed by atoms with Crippen molar-refractivity contribution in [2.75, 3.05) is 6.61 Å². The first-order chi connectivity index (χ1) is 18.7. The topological polar surface area (TPSA) is 58.6 Å². The summed E-state index contributed by atoms with van der Waals surface area (Å²) < 4.78 is 5.93. The highest BCUT2D eigenvalue weighted by molar-refractivity contribution is 6.35. The molecule has 1 fully saturated rings. The number of ether oxygens (including phenoxy) is 1. The number of hydrogen-bond donors (Lipinski definition) is 1. The second-order valence-electron chi connectivity index (χ2n) is 10.1. The first-order valence-corrected chi connectivity index (χ1v) is 14.3. The summed E-state index contributed by atoms with van der Waals surface area (Å²) in [6.07, 6.45) is 4.42. The van der Waals surface area contributed by atoms with Crippen LogP contribution in [0.2, 0.25) is 15.1 Å². The maximum Gasteiger partial charge on any atom is 0.261 e. The molecule has 39 heavy (non-hydrogen) atoms. The molecule has 5 nitrogen and oxygen atoms in total. The summed E-state index contributed by atoms with van der Waals surface area (Å²) in [5.74, 6) is 0.0402. The molecule has 0 unspecified atom stereocenters. The van der Waals surface area contributed by atoms with E-state index in [0.717, 1.165) is 42.4 Å². The summed E-state index contributed by atoms with van der Waals surface area (Å²) in [5.41, 5.74) is 3.37. The standard InChI is InChI=1S/C31H33Cl3N2O3/c1-20-14-26(15-21(2)30(20)34)39-19-29(37)36(18-23-12-13-24(32)17-27(23)33)28(16-22-8-4-3-5-9-22)31(38)35-25-10-6-7-11-25/h3-5,8-9,12-15,17,25,28H,6-7,10-11,16,18-19H2,1-2H3,(H,35,38)/t28-/m1/s1. The van der Waals surface area contributed by atoms with E-state index in [0.29, 0.717) is 32.8 Å². The van der Waals surface area contributed by atoms with E-state index in [1.54, 1.807) is 35.2 Å². The lowest BCUT2D eigenvalue weighted by Crippen LogP contribution is -2.53. The molecule has 4 rings (SSSR count). The van der Waals surface area contributed by atoms with Gasteiger partial charge in [-0.3, -0.25) is 9.59 Å². The van der Waals surface area contributed by atoms with Gasteiger partial charge in [0.1, 0.15) is 11.8 Å². The molecule has 1 saturated carbocycles. The van der Waals surface area contributed by atoms with Gasteiger partial charge < -0.3 is 15.0 Å². The molecule has 206 valence electrons. The molecule has 1 aliphatic rings. The van der Waals surface area contributed by atoms with Crippen LogP contribution >= 0.6 is 34.8 Å². The van der Waals surface area contributed by atoms with Crippen molar-refractivity contribution in [1.82, 2.24) is 10.2 Å². The van der Waals surface area contributed by atoms with Gasteiger partial charge in [0.15, 0.2) is 6.61 Å². The molecule has 0 bridgehead atoms. The Balaban J connectivity index is 1.64. The van der Waals surface area contributed by atoms with Gasteiger partial charge in [-0.2, -0.15) is 0 Å². The van der Waals surface area contributed by atoms with E-state index in [9.17, 15) is 9.59 Å². The Hall–Kier alpha value is -2.73. The van der Waals surface area contributed by atoms with Crippen LogP contribution in [0, 0.1) is 13.8 Å². The molecule has 8 heteroatoms. The normalized spacial score (nSPS) is 14.2. The minimum Gasteiger partial charge on any atom is -0.484 e. The van der Waals surface area contributed by atoms with Crippen LogP contribution in [0.3, 0.4) is 0 Å². The van der Waals surface area contributed by atoms with E-state index in [4.69, 9.17) is 39.5 Å². The predicted molar refractivity (Wildman–Crippen MR) is 158 cm³/mol. The van der Waals surface area contributed by atoms with Crippen molar-refractivity contribution >= 4 is 46.6 Å². The van der Waals surface area contributed by atoms with Crippen molar-refractivity contribution in [1.29, 1.82) is 0 Å². The number of nitrogens with one attached hydrogen (secondary N) is 1. The summed E-state index contributed by atoms with van der Waals surface area (Å²) in [6, 6.07) is 17.8. The van der Waals surface area contributed by atoms with Crippen molar-refractivity contribution in [3.8, 4) is 5.75 Å². The van der Waals surface area contributed by atoms with Gasteiger partial charge in [0.2, 0.25) is 5.91 Å². The van der Waals surface area contributed by atoms with Crippen LogP contribution in [0.25, 0.3) is 0 Å². The zero-order valence-electron chi connectivity index (χ0n) is 22.2. The Morgan fingerprint density at radius 1 is 0.974 bits per heavy atom. The molecule has 0 heterocycles. The Labute approximate surface area is 245 Å². The maximum atomic E-state index is 13.8. The van der Waals surface area contributed by atoms with Crippen LogP contribution in [0.15, 0.2) is 60.7 Å². The third kappa shape index (κ3) is 7.91. The Kier molecular flexibility index (Phi) is 10.2. The fourth-order valence-corrected chi connectivity index (χ4v) is 5.55. The molecule has 1 atom stereocenters. The first kappa shape index (κ1) is 29.3. The van der Waals surface area contributed by atoms with E-state index < -0.39 is 6.04 Å². The van der Waals surface area contributed by atoms with Crippen LogP contribution in [0.4, 0.5) is 0 Å². The summed E-state index contributed by atoms with van der Waals surface area (Å²) in [5, 5.41) is 4.79. The second kappa shape index (κ2) is 13.6. The van der Waals surface area contributed by atoms with Crippen molar-refractivity contribution < 1.29 is 14.3 Å². The van der Waals surface area contributed by atoms with Crippen molar-refractivity contribution in [2.45, 2.75) is 64.6 Å². The van der Waals surface area contributed by atoms with E-state index in [1.165, 1.54) is 0 Å². The molecular weight excluding hydrogens is 555 g/mol. The lowest BCUT2D eigenvalue weighted by molar-refractivity contribution is -0.143. The monoisotopic (exact) mass is 586 g/mol. The molecule has 3 aromatic rings. The van der Waals surface area contributed by atoms with Gasteiger partial charge in [0, 0.05) is 34.1 Å². The molecule has 2 amide bonds. The van der Waals surface area contributed by atoms with Crippen molar-refractivity contribution in [2.24, 2.45) is 0 Å². The fraction of sp³-hybridized carbons (Fsp3) is 0.355. The molecule has 0 radical (unpaired) electrons. The number of amides is 2. The summed E-state index contributed by atoms with van der Waals surface area (Å²) in [4.78, 5) is 29.2. The summed E-state index contributed by atoms with van der Waals surface area (Å²) >= 11 is 18.9. The third-order valence-corrected chi connectivity index (χ3v) is 8.28. The highest BCUT2D eigenvalue weighted by Crippen LogP contribution is 2.27. The smallest absolute Gasteiger partial charge is 0.261 e. The van der Waals surface area contributed by atoms with Gasteiger partial charge in [0.25, 0.3) is 5.91 Å². The van der Waals surface area contributed by atoms with Crippen LogP contribution in [0.1, 0.15) is 47.9 Å². The number of carbonyl (C=O) groups excluding carboxylic acids is 2. The fourth-order valence-electron chi connectivity index (χ4n) is 4.97. The predicted octanol–water partition coefficient (Wildman–Crippen LogP) is 7.34. The Bertz CT molecular complexity index is 1290. The number of halogens is 3. The average Bonchev–Trinajstić information content (AvgIpc) is 3.42. The number of aryl methyl sites for hydroxylation is 2. The lowest BCUT2D eigenvalue weighted by atomic mass is 10.0. The van der Waals surface area contributed by atoms with E-state index in [2.05, 4.69) is 5.32 Å². The molecule has 0 spiro atoms. The number of carbonyl (C=O) groups is 2. The zero-order valence-corrected chi connectivity index (χ0v) is 24.5. The molecule has 3 aromatic carbocycles. The molecule has 0 saturated heterocycles. The molecule has 0 aliphatic heterocycles. The maximum absolute atomic E-state index is 13.8. The quantitative estimate of drug-likeness (QED) is 0.270. The number of nitrogens with zero attached hydrogens (tertiary/aromatic N) is 1. The lowest BCUT2D eigenvalue weighted by Gasteiger charge is -2.32. The minimum atomic E-state index is -0.760. The van der Waals surface area contributed by atoms with Gasteiger partial charge in [-0.15, -0.1) is 0 Å². The SMILES string of the molecule is Cc1cc(OCC(=O)N(Cc2ccc(Cl)cc2Cl)[C@H](Cc2ccccc2)C(=O)NC2CCCC2)cc(C)c1Cl. The summed E-state index contributed by atoms with van der Waals surface area (Å²) in [7, 11) is 0. The number of hydrogen-bond acceptors (Lipinski definition) is 3. The van der Waals surface area contributed by atoms with E-state index >= 15 is 0 Å². The molecule has 1 aliphatic carbocycles. The molecule has 1 N–H and O–H groups in total. The van der Waals surface area contributed by atoms with Gasteiger partial charge in [-0.05, 0) is 73.2 Å². The highest BCUT2D eigenvalue weighted by Gasteiger charge is 2.32. The van der Waals surface area contributed by atoms with Crippen molar-refractivity contribution in [3.05, 3.63) is 98.0 Å². The highest BCUT2D eigenvalue weighted by atomic mass is 35.5. The number of rotatable bonds is 10. The zero-order chi connectivity index (χ0) is 27.9. The van der Waals surface area contributed by atoms with E-state index in [-0.39, 0.29) is 31.0 Å². The van der Waals surface area contributed by atoms with Gasteiger partial charge in [-0.25, -0.2) is 0 Å². The van der Waals surface area contributed by atoms with Gasteiger partial charge in [-0.1, -0.05) is 84.0 Å².